The van der Waals surface area contributed by atoms with Gasteiger partial charge < -0.3 is 21.3 Å². The summed E-state index contributed by atoms with van der Waals surface area (Å²) >= 11 is 6.29. The number of carbonyl (C=O) groups is 1. The fraction of sp³-hybridized carbons (Fsp3) is 0.381. The molecule has 1 amide bonds. The summed E-state index contributed by atoms with van der Waals surface area (Å²) in [5.41, 5.74) is 8.40. The topological polar surface area (TPSA) is 101 Å². The molecule has 0 unspecified atom stereocenters. The minimum Gasteiger partial charge on any atom is -0.387 e. The fourth-order valence-corrected chi connectivity index (χ4v) is 3.77. The second-order valence-electron chi connectivity index (χ2n) is 7.48. The highest BCUT2D eigenvalue weighted by Crippen LogP contribution is 2.29. The van der Waals surface area contributed by atoms with Gasteiger partial charge >= 0.3 is 0 Å². The number of rotatable bonds is 7. The number of anilines is 1. The quantitative estimate of drug-likeness (QED) is 0.628. The average Bonchev–Trinajstić information content (AvgIpc) is 3.40. The van der Waals surface area contributed by atoms with E-state index in [2.05, 4.69) is 25.6 Å². The van der Waals surface area contributed by atoms with Gasteiger partial charge in [0.25, 0.3) is 5.91 Å². The smallest absolute Gasteiger partial charge is 0.274 e. The van der Waals surface area contributed by atoms with Crippen molar-refractivity contribution in [3.05, 3.63) is 47.4 Å². The Kier molecular flexibility index (Phi) is 6.47. The van der Waals surface area contributed by atoms with Crippen molar-refractivity contribution in [3.8, 4) is 11.1 Å². The first-order valence-corrected chi connectivity index (χ1v) is 10.6. The fourth-order valence-electron chi connectivity index (χ4n) is 3.60. The lowest BCUT2D eigenvalue weighted by Crippen LogP contribution is -2.43. The number of hydrogen-bond donors (Lipinski definition) is 3. The molecule has 2 aliphatic rings. The number of aromatic nitrogens is 2. The van der Waals surface area contributed by atoms with Crippen LogP contribution in [-0.2, 0) is 11.3 Å². The Balaban J connectivity index is 1.38. The lowest BCUT2D eigenvalue weighted by atomic mass is 10.1. The van der Waals surface area contributed by atoms with Crippen LogP contribution in [0, 0.1) is 0 Å². The summed E-state index contributed by atoms with van der Waals surface area (Å²) in [5.74, 6) is 0.113. The number of nitrogens with zero attached hydrogens (tertiary/aromatic N) is 4. The summed E-state index contributed by atoms with van der Waals surface area (Å²) in [4.78, 5) is 18.9. The third-order valence-electron chi connectivity index (χ3n) is 5.25. The summed E-state index contributed by atoms with van der Waals surface area (Å²) < 4.78 is 1.96. The zero-order valence-corrected chi connectivity index (χ0v) is 17.5. The molecule has 1 fully saturated rings. The first-order valence-electron chi connectivity index (χ1n) is 10.2. The maximum Gasteiger partial charge on any atom is 0.274 e. The van der Waals surface area contributed by atoms with Gasteiger partial charge in [-0.25, -0.2) is 4.99 Å². The number of nitrogens with one attached hydrogen (secondary N) is 2. The van der Waals surface area contributed by atoms with Crippen molar-refractivity contribution in [1.82, 2.24) is 20.0 Å². The third-order valence-corrected chi connectivity index (χ3v) is 5.58. The first-order chi connectivity index (χ1) is 14.6. The molecule has 8 nitrogen and oxygen atoms in total. The van der Waals surface area contributed by atoms with Crippen LogP contribution in [0.2, 0.25) is 5.02 Å². The summed E-state index contributed by atoms with van der Waals surface area (Å²) in [6, 6.07) is 5.55. The minimum absolute atomic E-state index is 0.311. The third kappa shape index (κ3) is 5.08. The molecule has 0 atom stereocenters. The number of carbonyl (C=O) groups excluding carboxylic acids is 1. The molecule has 0 bridgehead atoms. The van der Waals surface area contributed by atoms with Crippen molar-refractivity contribution in [2.75, 3.05) is 38.0 Å². The van der Waals surface area contributed by atoms with Crippen molar-refractivity contribution >= 4 is 29.0 Å². The van der Waals surface area contributed by atoms with E-state index in [4.69, 9.17) is 17.3 Å². The Morgan fingerprint density at radius 3 is 2.83 bits per heavy atom. The van der Waals surface area contributed by atoms with Crippen molar-refractivity contribution in [3.63, 3.8) is 0 Å². The lowest BCUT2D eigenvalue weighted by Gasteiger charge is -2.26. The zero-order valence-electron chi connectivity index (χ0n) is 16.8. The molecule has 2 aromatic rings. The SMILES string of the molecule is NC1=NC(C(=O)Nc2cc(-c3cnn(CCCN4CCNCC4)c3)ccc2Cl)=CC1. The van der Waals surface area contributed by atoms with Crippen molar-refractivity contribution in [2.45, 2.75) is 19.4 Å². The molecule has 1 saturated heterocycles. The van der Waals surface area contributed by atoms with Crippen molar-refractivity contribution < 1.29 is 4.79 Å². The number of piperazine rings is 1. The van der Waals surface area contributed by atoms with Gasteiger partial charge in [0.15, 0.2) is 0 Å². The van der Waals surface area contributed by atoms with E-state index in [1.807, 2.05) is 29.2 Å². The largest absolute Gasteiger partial charge is 0.387 e. The van der Waals surface area contributed by atoms with Crippen molar-refractivity contribution in [1.29, 1.82) is 0 Å². The predicted octanol–water partition coefficient (Wildman–Crippen LogP) is 2.08. The van der Waals surface area contributed by atoms with E-state index >= 15 is 0 Å². The number of aryl methyl sites for hydroxylation is 1. The highest BCUT2D eigenvalue weighted by Gasteiger charge is 2.16. The maximum absolute atomic E-state index is 12.4. The summed E-state index contributed by atoms with van der Waals surface area (Å²) in [5, 5.41) is 11.1. The molecule has 30 heavy (non-hydrogen) atoms. The second kappa shape index (κ2) is 9.42. The Morgan fingerprint density at radius 1 is 1.23 bits per heavy atom. The van der Waals surface area contributed by atoms with Crippen LogP contribution in [0.4, 0.5) is 5.69 Å². The van der Waals surface area contributed by atoms with Gasteiger partial charge in [-0.15, -0.1) is 0 Å². The lowest BCUT2D eigenvalue weighted by molar-refractivity contribution is -0.112. The van der Waals surface area contributed by atoms with Crippen LogP contribution in [0.3, 0.4) is 0 Å². The van der Waals surface area contributed by atoms with E-state index < -0.39 is 0 Å². The summed E-state index contributed by atoms with van der Waals surface area (Å²) in [6.45, 7) is 6.30. The molecule has 2 aliphatic heterocycles. The zero-order chi connectivity index (χ0) is 20.9. The molecule has 0 radical (unpaired) electrons. The first kappa shape index (κ1) is 20.6. The predicted molar refractivity (Wildman–Crippen MR) is 120 cm³/mol. The second-order valence-corrected chi connectivity index (χ2v) is 7.89. The maximum atomic E-state index is 12.4. The van der Waals surface area contributed by atoms with Gasteiger partial charge in [-0.2, -0.15) is 5.10 Å². The van der Waals surface area contributed by atoms with Crippen LogP contribution in [-0.4, -0.2) is 59.1 Å². The van der Waals surface area contributed by atoms with Gasteiger partial charge in [0.05, 0.1) is 16.9 Å². The molecule has 3 heterocycles. The number of aliphatic imine (C=N–C) groups is 1. The average molecular weight is 428 g/mol. The molecule has 4 N–H and O–H groups in total. The van der Waals surface area contributed by atoms with Crippen LogP contribution in [0.1, 0.15) is 12.8 Å². The highest BCUT2D eigenvalue weighted by molar-refractivity contribution is 6.34. The highest BCUT2D eigenvalue weighted by atomic mass is 35.5. The van der Waals surface area contributed by atoms with Crippen LogP contribution in [0.25, 0.3) is 11.1 Å². The van der Waals surface area contributed by atoms with Gasteiger partial charge in [0.1, 0.15) is 11.5 Å². The van der Waals surface area contributed by atoms with Crippen molar-refractivity contribution in [2.24, 2.45) is 10.7 Å². The van der Waals surface area contributed by atoms with E-state index in [1.165, 1.54) is 0 Å². The van der Waals surface area contributed by atoms with E-state index in [9.17, 15) is 4.79 Å². The molecule has 0 spiro atoms. The normalized spacial score (nSPS) is 17.0. The number of amidine groups is 1. The van der Waals surface area contributed by atoms with Crippen LogP contribution < -0.4 is 16.4 Å². The minimum atomic E-state index is -0.321. The number of benzene rings is 1. The number of halogens is 1. The van der Waals surface area contributed by atoms with Gasteiger partial charge in [-0.3, -0.25) is 9.48 Å². The Labute approximate surface area is 180 Å². The number of nitrogens with two attached hydrogens (primary N) is 1. The van der Waals surface area contributed by atoms with Gasteiger partial charge in [0.2, 0.25) is 0 Å². The molecule has 158 valence electrons. The molecular weight excluding hydrogens is 402 g/mol. The molecular formula is C21H26ClN7O. The molecule has 4 rings (SSSR count). The Bertz CT molecular complexity index is 975. The van der Waals surface area contributed by atoms with Gasteiger partial charge in [-0.05, 0) is 36.7 Å². The number of amides is 1. The Hall–Kier alpha value is -2.68. The van der Waals surface area contributed by atoms with E-state index in [1.54, 1.807) is 12.1 Å². The molecule has 1 aromatic heterocycles. The molecule has 0 saturated carbocycles. The standard InChI is InChI=1S/C21H26ClN7O/c22-17-3-2-15(12-19(17)27-21(30)18-4-5-20(23)26-18)16-13-25-29(14-16)9-1-8-28-10-6-24-7-11-28/h2-4,12-14,24H,1,5-11H2,(H2,23,26)(H,27,30). The van der Waals surface area contributed by atoms with Gasteiger partial charge in [-0.1, -0.05) is 17.7 Å². The van der Waals surface area contributed by atoms with Gasteiger partial charge in [0, 0.05) is 50.9 Å². The summed E-state index contributed by atoms with van der Waals surface area (Å²) in [6.07, 6.45) is 7.11. The Morgan fingerprint density at radius 2 is 2.07 bits per heavy atom. The summed E-state index contributed by atoms with van der Waals surface area (Å²) in [7, 11) is 0. The monoisotopic (exact) mass is 427 g/mol. The van der Waals surface area contributed by atoms with E-state index in [-0.39, 0.29) is 5.91 Å². The van der Waals surface area contributed by atoms with Crippen LogP contribution in [0.15, 0.2) is 47.4 Å². The van der Waals surface area contributed by atoms with E-state index in [0.29, 0.717) is 28.7 Å². The number of hydrogen-bond acceptors (Lipinski definition) is 6. The van der Waals surface area contributed by atoms with Crippen LogP contribution in [0.5, 0.6) is 0 Å². The molecule has 9 heteroatoms. The van der Waals surface area contributed by atoms with Crippen LogP contribution >= 0.6 is 11.6 Å². The van der Waals surface area contributed by atoms with E-state index in [0.717, 1.165) is 56.8 Å². The molecule has 0 aliphatic carbocycles. The molecule has 1 aromatic carbocycles.